The lowest BCUT2D eigenvalue weighted by atomic mass is 10.0. The Balaban J connectivity index is 1.91. The summed E-state index contributed by atoms with van der Waals surface area (Å²) < 4.78 is 0.799. The average molecular weight is 423 g/mol. The summed E-state index contributed by atoms with van der Waals surface area (Å²) >= 11 is 9.23. The topological polar surface area (TPSA) is 61.4 Å². The van der Waals surface area contributed by atoms with Crippen LogP contribution in [0, 0.1) is 5.92 Å². The van der Waals surface area contributed by atoms with Crippen LogP contribution in [0.2, 0.25) is 5.02 Å². The van der Waals surface area contributed by atoms with Crippen LogP contribution >= 0.6 is 27.5 Å². The Morgan fingerprint density at radius 3 is 2.56 bits per heavy atom. The molecule has 2 aromatic rings. The van der Waals surface area contributed by atoms with Crippen molar-refractivity contribution in [2.24, 2.45) is 5.92 Å². The van der Waals surface area contributed by atoms with Crippen molar-refractivity contribution < 1.29 is 9.59 Å². The lowest BCUT2D eigenvalue weighted by Gasteiger charge is -2.39. The third-order valence-electron chi connectivity index (χ3n) is 3.97. The van der Waals surface area contributed by atoms with E-state index in [2.05, 4.69) is 26.7 Å². The molecule has 1 heterocycles. The number of benzene rings is 2. The van der Waals surface area contributed by atoms with Gasteiger partial charge < -0.3 is 5.32 Å². The van der Waals surface area contributed by atoms with Crippen LogP contribution in [0.15, 0.2) is 46.9 Å². The second kappa shape index (κ2) is 7.06. The fourth-order valence-corrected chi connectivity index (χ4v) is 3.15. The number of anilines is 1. The monoisotopic (exact) mass is 421 g/mol. The smallest absolute Gasteiger partial charge is 0.276 e. The van der Waals surface area contributed by atoms with Gasteiger partial charge in [-0.2, -0.15) is 0 Å². The molecule has 0 saturated carbocycles. The molecule has 0 spiro atoms. The van der Waals surface area contributed by atoms with Gasteiger partial charge in [-0.25, -0.2) is 5.01 Å². The highest BCUT2D eigenvalue weighted by Gasteiger charge is 2.35. The fourth-order valence-electron chi connectivity index (χ4n) is 2.66. The van der Waals surface area contributed by atoms with Crippen molar-refractivity contribution >= 4 is 45.0 Å². The molecule has 5 nitrogen and oxygen atoms in total. The quantitative estimate of drug-likeness (QED) is 0.775. The first kappa shape index (κ1) is 17.8. The highest BCUT2D eigenvalue weighted by Crippen LogP contribution is 2.29. The number of nitrogens with zero attached hydrogens (tertiary/aromatic N) is 1. The van der Waals surface area contributed by atoms with Gasteiger partial charge in [-0.15, -0.1) is 0 Å². The predicted octanol–water partition coefficient (Wildman–Crippen LogP) is 4.30. The van der Waals surface area contributed by atoms with E-state index in [1.165, 1.54) is 5.01 Å². The van der Waals surface area contributed by atoms with Crippen LogP contribution in [-0.2, 0) is 0 Å². The van der Waals surface area contributed by atoms with Crippen molar-refractivity contribution in [3.05, 3.63) is 63.1 Å². The van der Waals surface area contributed by atoms with E-state index in [4.69, 9.17) is 11.6 Å². The minimum Gasteiger partial charge on any atom is -0.363 e. The molecule has 1 atom stereocenters. The van der Waals surface area contributed by atoms with Crippen LogP contribution in [0.5, 0.6) is 0 Å². The standard InChI is InChI=1S/C18H17BrClN3O2/c1-10(2)16-21-15-8-5-12(19)9-14(15)18(25)23(16)22-17(24)11-3-6-13(20)7-4-11/h3-10,16,21H,1-2H3,(H,22,24). The minimum atomic E-state index is -0.365. The Bertz CT molecular complexity index is 824. The Morgan fingerprint density at radius 1 is 1.24 bits per heavy atom. The second-order valence-corrected chi connectivity index (χ2v) is 7.50. The van der Waals surface area contributed by atoms with Gasteiger partial charge in [0.2, 0.25) is 0 Å². The second-order valence-electron chi connectivity index (χ2n) is 6.15. The summed E-state index contributed by atoms with van der Waals surface area (Å²) in [5.74, 6) is -0.529. The van der Waals surface area contributed by atoms with E-state index >= 15 is 0 Å². The zero-order valence-electron chi connectivity index (χ0n) is 13.7. The van der Waals surface area contributed by atoms with E-state index in [0.717, 1.165) is 10.2 Å². The van der Waals surface area contributed by atoms with Gasteiger partial charge in [-0.3, -0.25) is 15.0 Å². The maximum Gasteiger partial charge on any atom is 0.276 e. The van der Waals surface area contributed by atoms with Gasteiger partial charge in [-0.05, 0) is 48.4 Å². The maximum absolute atomic E-state index is 12.9. The number of fused-ring (bicyclic) bond motifs is 1. The number of halogens is 2. The third kappa shape index (κ3) is 3.65. The molecule has 2 aromatic carbocycles. The molecule has 0 radical (unpaired) electrons. The first-order valence-corrected chi connectivity index (χ1v) is 9.00. The van der Waals surface area contributed by atoms with Gasteiger partial charge >= 0.3 is 0 Å². The number of amides is 2. The molecule has 7 heteroatoms. The molecule has 1 unspecified atom stereocenters. The Hall–Kier alpha value is -2.05. The Kier molecular flexibility index (Phi) is 5.01. The molecule has 130 valence electrons. The molecule has 0 aromatic heterocycles. The van der Waals surface area contributed by atoms with Crippen molar-refractivity contribution in [3.63, 3.8) is 0 Å². The van der Waals surface area contributed by atoms with E-state index in [0.29, 0.717) is 16.1 Å². The molecule has 0 fully saturated rings. The zero-order chi connectivity index (χ0) is 18.1. The zero-order valence-corrected chi connectivity index (χ0v) is 16.1. The highest BCUT2D eigenvalue weighted by atomic mass is 79.9. The van der Waals surface area contributed by atoms with Crippen molar-refractivity contribution in [1.29, 1.82) is 0 Å². The Labute approximate surface area is 159 Å². The van der Waals surface area contributed by atoms with Crippen molar-refractivity contribution in [1.82, 2.24) is 10.4 Å². The summed E-state index contributed by atoms with van der Waals surface area (Å²) in [6.07, 6.45) is -0.350. The largest absolute Gasteiger partial charge is 0.363 e. The number of nitrogens with one attached hydrogen (secondary N) is 2. The van der Waals surface area contributed by atoms with Crippen LogP contribution in [0.25, 0.3) is 0 Å². The first-order chi connectivity index (χ1) is 11.9. The number of carbonyl (C=O) groups is 2. The van der Waals surface area contributed by atoms with E-state index in [-0.39, 0.29) is 23.9 Å². The summed E-state index contributed by atoms with van der Waals surface area (Å²) in [7, 11) is 0. The van der Waals surface area contributed by atoms with Crippen LogP contribution in [0.4, 0.5) is 5.69 Å². The molecular weight excluding hydrogens is 406 g/mol. The highest BCUT2D eigenvalue weighted by molar-refractivity contribution is 9.10. The SMILES string of the molecule is CC(C)C1Nc2ccc(Br)cc2C(=O)N1NC(=O)c1ccc(Cl)cc1. The lowest BCUT2D eigenvalue weighted by Crippen LogP contribution is -2.59. The third-order valence-corrected chi connectivity index (χ3v) is 4.72. The van der Waals surface area contributed by atoms with Gasteiger partial charge in [0.1, 0.15) is 6.17 Å². The molecule has 0 aliphatic carbocycles. The number of hydrogen-bond acceptors (Lipinski definition) is 3. The van der Waals surface area contributed by atoms with E-state index in [1.54, 1.807) is 30.3 Å². The van der Waals surface area contributed by atoms with Crippen LogP contribution in [-0.4, -0.2) is 23.0 Å². The molecule has 25 heavy (non-hydrogen) atoms. The summed E-state index contributed by atoms with van der Waals surface area (Å²) in [5, 5.41) is 5.22. The summed E-state index contributed by atoms with van der Waals surface area (Å²) in [6.45, 7) is 3.96. The number of hydrazine groups is 1. The van der Waals surface area contributed by atoms with Crippen molar-refractivity contribution in [2.45, 2.75) is 20.0 Å². The number of rotatable bonds is 3. The molecule has 2 amide bonds. The molecule has 3 rings (SSSR count). The molecule has 1 aliphatic rings. The van der Waals surface area contributed by atoms with E-state index < -0.39 is 0 Å². The Morgan fingerprint density at radius 2 is 1.92 bits per heavy atom. The summed E-state index contributed by atoms with van der Waals surface area (Å²) in [5.41, 5.74) is 4.41. The maximum atomic E-state index is 12.9. The van der Waals surface area contributed by atoms with Crippen molar-refractivity contribution in [3.8, 4) is 0 Å². The predicted molar refractivity (Wildman–Crippen MR) is 101 cm³/mol. The number of carbonyl (C=O) groups excluding carboxylic acids is 2. The molecule has 2 N–H and O–H groups in total. The van der Waals surface area contributed by atoms with Crippen molar-refractivity contribution in [2.75, 3.05) is 5.32 Å². The first-order valence-electron chi connectivity index (χ1n) is 7.83. The molecule has 0 saturated heterocycles. The van der Waals surface area contributed by atoms with Gasteiger partial charge in [0.05, 0.1) is 5.56 Å². The fraction of sp³-hybridized carbons (Fsp3) is 0.222. The minimum absolute atomic E-state index is 0.0891. The van der Waals surface area contributed by atoms with Crippen LogP contribution in [0.1, 0.15) is 34.6 Å². The lowest BCUT2D eigenvalue weighted by molar-refractivity contribution is 0.0438. The average Bonchev–Trinajstić information content (AvgIpc) is 2.58. The van der Waals surface area contributed by atoms with E-state index in [9.17, 15) is 9.59 Å². The molecule has 1 aliphatic heterocycles. The van der Waals surface area contributed by atoms with Gasteiger partial charge in [0.25, 0.3) is 11.8 Å². The summed E-state index contributed by atoms with van der Waals surface area (Å²) in [6, 6.07) is 12.0. The number of hydrogen-bond donors (Lipinski definition) is 2. The van der Waals surface area contributed by atoms with Crippen LogP contribution < -0.4 is 10.7 Å². The molecular formula is C18H17BrClN3O2. The van der Waals surface area contributed by atoms with E-state index in [1.807, 2.05) is 26.0 Å². The van der Waals surface area contributed by atoms with Gasteiger partial charge in [-0.1, -0.05) is 41.4 Å². The normalized spacial score (nSPS) is 16.4. The van der Waals surface area contributed by atoms with Crippen LogP contribution in [0.3, 0.4) is 0 Å². The molecule has 0 bridgehead atoms. The van der Waals surface area contributed by atoms with Gasteiger partial charge in [0.15, 0.2) is 0 Å². The summed E-state index contributed by atoms with van der Waals surface area (Å²) in [4.78, 5) is 25.5. The van der Waals surface area contributed by atoms with Gasteiger partial charge in [0, 0.05) is 20.7 Å².